The maximum Gasteiger partial charge on any atom is 0.269 e. The summed E-state index contributed by atoms with van der Waals surface area (Å²) in [5, 5.41) is 0.483. The number of sulfonamides is 1. The molecule has 0 aromatic heterocycles. The Hall–Kier alpha value is -2.74. The van der Waals surface area contributed by atoms with Crippen LogP contribution in [0.25, 0.3) is 11.1 Å². The van der Waals surface area contributed by atoms with Gasteiger partial charge in [-0.2, -0.15) is 0 Å². The second kappa shape index (κ2) is 8.73. The maximum atomic E-state index is 14.5. The van der Waals surface area contributed by atoms with Crippen LogP contribution < -0.4 is 10.3 Å². The zero-order valence-electron chi connectivity index (χ0n) is 15.4. The van der Waals surface area contributed by atoms with Gasteiger partial charge in [-0.15, -0.1) is 4.83 Å². The van der Waals surface area contributed by atoms with E-state index in [2.05, 4.69) is 5.43 Å². The van der Waals surface area contributed by atoms with Gasteiger partial charge in [-0.3, -0.25) is 10.2 Å². The summed E-state index contributed by atoms with van der Waals surface area (Å²) in [6, 6.07) is 18.5. The normalized spacial score (nSPS) is 11.3. The van der Waals surface area contributed by atoms with Crippen molar-refractivity contribution in [1.29, 1.82) is 0 Å². The number of hydrogen-bond acceptors (Lipinski definition) is 3. The minimum atomic E-state index is -3.88. The zero-order chi connectivity index (χ0) is 21.0. The molecule has 0 unspecified atom stereocenters. The van der Waals surface area contributed by atoms with E-state index in [9.17, 15) is 17.6 Å². The minimum Gasteiger partial charge on any atom is -0.274 e. The fourth-order valence-electron chi connectivity index (χ4n) is 2.76. The number of hydrogen-bond donors (Lipinski definition) is 2. The van der Waals surface area contributed by atoms with Crippen molar-refractivity contribution in [1.82, 2.24) is 10.3 Å². The highest BCUT2D eigenvalue weighted by Crippen LogP contribution is 2.24. The third kappa shape index (κ3) is 5.41. The first-order valence-electron chi connectivity index (χ1n) is 8.65. The molecule has 0 aliphatic rings. The van der Waals surface area contributed by atoms with Gasteiger partial charge in [-0.05, 0) is 53.4 Å². The first-order chi connectivity index (χ1) is 13.7. The second-order valence-electron chi connectivity index (χ2n) is 6.46. The molecule has 1 amide bonds. The number of halogens is 2. The van der Waals surface area contributed by atoms with E-state index >= 15 is 0 Å². The first kappa shape index (κ1) is 21.0. The molecule has 0 heterocycles. The van der Waals surface area contributed by atoms with E-state index in [-0.39, 0.29) is 16.9 Å². The van der Waals surface area contributed by atoms with E-state index in [0.717, 1.165) is 5.56 Å². The summed E-state index contributed by atoms with van der Waals surface area (Å²) >= 11 is 5.78. The van der Waals surface area contributed by atoms with Gasteiger partial charge in [0.2, 0.25) is 10.0 Å². The lowest BCUT2D eigenvalue weighted by molar-refractivity contribution is 0.0941. The predicted molar refractivity (Wildman–Crippen MR) is 111 cm³/mol. The van der Waals surface area contributed by atoms with Gasteiger partial charge in [-0.1, -0.05) is 54.1 Å². The number of carbonyl (C=O) groups is 1. The van der Waals surface area contributed by atoms with Crippen LogP contribution in [0.1, 0.15) is 21.5 Å². The average molecular weight is 433 g/mol. The molecule has 3 aromatic carbocycles. The number of aryl methyl sites for hydroxylation is 1. The molecule has 29 heavy (non-hydrogen) atoms. The molecule has 0 aliphatic carbocycles. The van der Waals surface area contributed by atoms with Gasteiger partial charge in [0.05, 0.1) is 11.3 Å². The molecule has 0 saturated carbocycles. The molecule has 2 N–H and O–H groups in total. The minimum absolute atomic E-state index is 0.252. The van der Waals surface area contributed by atoms with Crippen molar-refractivity contribution in [3.8, 4) is 11.1 Å². The third-order valence-corrected chi connectivity index (χ3v) is 5.57. The molecular formula is C21H18ClFN2O3S. The lowest BCUT2D eigenvalue weighted by Crippen LogP contribution is -2.42. The summed E-state index contributed by atoms with van der Waals surface area (Å²) in [6.45, 7) is 1.54. The smallest absolute Gasteiger partial charge is 0.269 e. The van der Waals surface area contributed by atoms with E-state index in [1.165, 1.54) is 6.07 Å². The summed E-state index contributed by atoms with van der Waals surface area (Å²) in [5.41, 5.74) is 4.06. The Bertz CT molecular complexity index is 1130. The number of hydrazine groups is 1. The number of carbonyl (C=O) groups excluding carboxylic acids is 1. The van der Waals surface area contributed by atoms with Crippen LogP contribution in [0.4, 0.5) is 4.39 Å². The topological polar surface area (TPSA) is 75.3 Å². The molecule has 0 fully saturated rings. The van der Waals surface area contributed by atoms with E-state index in [1.54, 1.807) is 37.3 Å². The average Bonchev–Trinajstić information content (AvgIpc) is 2.70. The quantitative estimate of drug-likeness (QED) is 0.573. The molecule has 0 radical (unpaired) electrons. The Morgan fingerprint density at radius 3 is 2.31 bits per heavy atom. The van der Waals surface area contributed by atoms with Crippen molar-refractivity contribution in [2.75, 3.05) is 0 Å². The highest BCUT2D eigenvalue weighted by atomic mass is 35.5. The molecule has 8 heteroatoms. The Morgan fingerprint density at radius 1 is 1.00 bits per heavy atom. The lowest BCUT2D eigenvalue weighted by Gasteiger charge is -2.12. The predicted octanol–water partition coefficient (Wildman–Crippen LogP) is 4.22. The molecular weight excluding hydrogens is 415 g/mol. The SMILES string of the molecule is Cc1cc(-c2ccccc2)cc(C(=O)NNS(=O)(=O)Cc2ccc(Cl)cc2)c1F. The van der Waals surface area contributed by atoms with Crippen LogP contribution in [0.5, 0.6) is 0 Å². The van der Waals surface area contributed by atoms with Crippen LogP contribution in [0, 0.1) is 12.7 Å². The van der Waals surface area contributed by atoms with Crippen LogP contribution in [0.15, 0.2) is 66.7 Å². The van der Waals surface area contributed by atoms with Crippen LogP contribution >= 0.6 is 11.6 Å². The monoisotopic (exact) mass is 432 g/mol. The molecule has 0 atom stereocenters. The van der Waals surface area contributed by atoms with Gasteiger partial charge in [0.1, 0.15) is 5.82 Å². The van der Waals surface area contributed by atoms with Crippen molar-refractivity contribution >= 4 is 27.5 Å². The fraction of sp³-hybridized carbons (Fsp3) is 0.0952. The summed E-state index contributed by atoms with van der Waals surface area (Å²) in [4.78, 5) is 14.4. The van der Waals surface area contributed by atoms with Crippen molar-refractivity contribution in [2.45, 2.75) is 12.7 Å². The van der Waals surface area contributed by atoms with E-state index in [4.69, 9.17) is 11.6 Å². The van der Waals surface area contributed by atoms with Gasteiger partial charge in [0.25, 0.3) is 5.91 Å². The number of nitrogens with one attached hydrogen (secondary N) is 2. The van der Waals surface area contributed by atoms with Gasteiger partial charge < -0.3 is 0 Å². The molecule has 3 aromatic rings. The molecule has 0 aliphatic heterocycles. The summed E-state index contributed by atoms with van der Waals surface area (Å²) in [6.07, 6.45) is 0. The van der Waals surface area contributed by atoms with Crippen LogP contribution in [-0.4, -0.2) is 14.3 Å². The highest BCUT2D eigenvalue weighted by Gasteiger charge is 2.18. The van der Waals surface area contributed by atoms with Crippen LogP contribution in [0.3, 0.4) is 0 Å². The Kier molecular flexibility index (Phi) is 6.32. The second-order valence-corrected chi connectivity index (χ2v) is 8.62. The Morgan fingerprint density at radius 2 is 1.66 bits per heavy atom. The molecule has 3 rings (SSSR count). The molecule has 0 spiro atoms. The Balaban J connectivity index is 1.76. The van der Waals surface area contributed by atoms with Crippen molar-refractivity contribution in [2.24, 2.45) is 0 Å². The zero-order valence-corrected chi connectivity index (χ0v) is 17.0. The summed E-state index contributed by atoms with van der Waals surface area (Å²) < 4.78 is 38.9. The van der Waals surface area contributed by atoms with Crippen LogP contribution in [0.2, 0.25) is 5.02 Å². The molecule has 5 nitrogen and oxygen atoms in total. The standard InChI is InChI=1S/C21H18ClFN2O3S/c1-14-11-17(16-5-3-2-4-6-16)12-19(20(14)23)21(26)24-25-29(27,28)13-15-7-9-18(22)10-8-15/h2-12,25H,13H2,1H3,(H,24,26). The van der Waals surface area contributed by atoms with Gasteiger partial charge in [0.15, 0.2) is 0 Å². The van der Waals surface area contributed by atoms with E-state index in [1.807, 2.05) is 35.2 Å². The fourth-order valence-corrected chi connectivity index (χ4v) is 3.84. The lowest BCUT2D eigenvalue weighted by atomic mass is 9.99. The Labute approximate surface area is 173 Å². The first-order valence-corrected chi connectivity index (χ1v) is 10.7. The van der Waals surface area contributed by atoms with Crippen LogP contribution in [-0.2, 0) is 15.8 Å². The highest BCUT2D eigenvalue weighted by molar-refractivity contribution is 7.88. The largest absolute Gasteiger partial charge is 0.274 e. The molecule has 0 saturated heterocycles. The molecule has 0 bridgehead atoms. The summed E-state index contributed by atoms with van der Waals surface area (Å²) in [5.74, 6) is -1.96. The van der Waals surface area contributed by atoms with Gasteiger partial charge in [-0.25, -0.2) is 12.8 Å². The van der Waals surface area contributed by atoms with Crippen molar-refractivity contribution < 1.29 is 17.6 Å². The van der Waals surface area contributed by atoms with Gasteiger partial charge >= 0.3 is 0 Å². The third-order valence-electron chi connectivity index (χ3n) is 4.20. The van der Waals surface area contributed by atoms with Gasteiger partial charge in [0, 0.05) is 5.02 Å². The number of rotatable bonds is 6. The number of benzene rings is 3. The van der Waals surface area contributed by atoms with Crippen molar-refractivity contribution in [3.63, 3.8) is 0 Å². The number of amides is 1. The maximum absolute atomic E-state index is 14.5. The van der Waals surface area contributed by atoms with Crippen molar-refractivity contribution in [3.05, 3.63) is 94.3 Å². The molecule has 150 valence electrons. The summed E-state index contributed by atoms with van der Waals surface area (Å²) in [7, 11) is -3.88. The van der Waals surface area contributed by atoms with E-state index < -0.39 is 21.7 Å². The van der Waals surface area contributed by atoms with E-state index in [0.29, 0.717) is 16.1 Å².